The minimum Gasteiger partial charge on any atom is -0.467 e. The van der Waals surface area contributed by atoms with Gasteiger partial charge >= 0.3 is 0 Å². The summed E-state index contributed by atoms with van der Waals surface area (Å²) in [6, 6.07) is 3.95. The number of nitrogens with one attached hydrogen (secondary N) is 1. The van der Waals surface area contributed by atoms with Crippen LogP contribution in [0.1, 0.15) is 34.8 Å². The summed E-state index contributed by atoms with van der Waals surface area (Å²) in [6.45, 7) is 2.26. The van der Waals surface area contributed by atoms with Gasteiger partial charge in [-0.1, -0.05) is 0 Å². The van der Waals surface area contributed by atoms with Crippen molar-refractivity contribution < 1.29 is 9.21 Å². The van der Waals surface area contributed by atoms with Crippen LogP contribution in [0.4, 0.5) is 5.69 Å². The van der Waals surface area contributed by atoms with E-state index in [1.165, 1.54) is 0 Å². The molecule has 1 aliphatic rings. The van der Waals surface area contributed by atoms with Crippen LogP contribution in [0.5, 0.6) is 0 Å². The number of furan rings is 1. The first-order chi connectivity index (χ1) is 9.16. The Balaban J connectivity index is 1.84. The molecule has 2 aromatic heterocycles. The number of carbonyl (C=O) groups excluding carboxylic acids is 1. The van der Waals surface area contributed by atoms with E-state index in [2.05, 4.69) is 10.2 Å². The van der Waals surface area contributed by atoms with Crippen molar-refractivity contribution in [1.82, 2.24) is 15.1 Å². The smallest absolute Gasteiger partial charge is 0.277 e. The Bertz CT molecular complexity index is 584. The summed E-state index contributed by atoms with van der Waals surface area (Å²) in [4.78, 5) is 14.3. The van der Waals surface area contributed by atoms with Crippen LogP contribution in [0.15, 0.2) is 22.8 Å². The van der Waals surface area contributed by atoms with Crippen molar-refractivity contribution >= 4 is 11.6 Å². The fourth-order valence-corrected chi connectivity index (χ4v) is 2.06. The summed E-state index contributed by atoms with van der Waals surface area (Å²) < 4.78 is 5.31. The molecule has 19 heavy (non-hydrogen) atoms. The number of amides is 1. The molecule has 0 bridgehead atoms. The fourth-order valence-electron chi connectivity index (χ4n) is 2.06. The topological polar surface area (TPSA) is 88.2 Å². The normalized spacial score (nSPS) is 14.6. The summed E-state index contributed by atoms with van der Waals surface area (Å²) in [5.41, 5.74) is 7.32. The van der Waals surface area contributed by atoms with Crippen LogP contribution in [0, 0.1) is 6.92 Å². The van der Waals surface area contributed by atoms with Crippen LogP contribution in [0.3, 0.4) is 0 Å². The summed E-state index contributed by atoms with van der Waals surface area (Å²) in [7, 11) is 0. The molecule has 2 aromatic rings. The number of aromatic nitrogens is 2. The lowest BCUT2D eigenvalue weighted by Gasteiger charge is -2.20. The van der Waals surface area contributed by atoms with Crippen molar-refractivity contribution in [3.05, 3.63) is 35.5 Å². The molecule has 100 valence electrons. The second-order valence-electron chi connectivity index (χ2n) is 4.85. The Hall–Kier alpha value is -2.24. The van der Waals surface area contributed by atoms with E-state index in [1.54, 1.807) is 18.1 Å². The van der Waals surface area contributed by atoms with Gasteiger partial charge in [0.25, 0.3) is 5.91 Å². The molecule has 0 aromatic carbocycles. The van der Waals surface area contributed by atoms with E-state index < -0.39 is 0 Å². The van der Waals surface area contributed by atoms with E-state index in [4.69, 9.17) is 10.2 Å². The number of rotatable bonds is 4. The molecule has 0 radical (unpaired) electrons. The number of H-pyrrole nitrogens is 1. The van der Waals surface area contributed by atoms with Gasteiger partial charge in [0.1, 0.15) is 5.76 Å². The van der Waals surface area contributed by atoms with Gasteiger partial charge in [-0.2, -0.15) is 5.10 Å². The molecule has 6 heteroatoms. The summed E-state index contributed by atoms with van der Waals surface area (Å²) in [6.07, 6.45) is 3.66. The highest BCUT2D eigenvalue weighted by molar-refractivity contribution is 5.97. The molecular formula is C13H16N4O2. The third-order valence-corrected chi connectivity index (χ3v) is 3.35. The molecule has 3 N–H and O–H groups in total. The van der Waals surface area contributed by atoms with Crippen molar-refractivity contribution in [3.63, 3.8) is 0 Å². The molecule has 0 spiro atoms. The Kier molecular flexibility index (Phi) is 2.77. The maximum atomic E-state index is 12.5. The first kappa shape index (κ1) is 11.8. The highest BCUT2D eigenvalue weighted by Gasteiger charge is 2.35. The molecular weight excluding hydrogens is 244 g/mol. The van der Waals surface area contributed by atoms with Crippen molar-refractivity contribution in [2.75, 3.05) is 5.73 Å². The SMILES string of the molecule is Cc1[nH]nc(C(=O)N(Cc2ccco2)C2CC2)c1N. The molecule has 0 unspecified atom stereocenters. The minimum absolute atomic E-state index is 0.138. The molecule has 3 rings (SSSR count). The van der Waals surface area contributed by atoms with Crippen molar-refractivity contribution in [2.24, 2.45) is 0 Å². The Labute approximate surface area is 110 Å². The Morgan fingerprint density at radius 3 is 2.95 bits per heavy atom. The van der Waals surface area contributed by atoms with E-state index in [1.807, 2.05) is 12.1 Å². The predicted octanol–water partition coefficient (Wildman–Crippen LogP) is 1.70. The second kappa shape index (κ2) is 4.46. The van der Waals surface area contributed by atoms with Crippen LogP contribution < -0.4 is 5.73 Å². The monoisotopic (exact) mass is 260 g/mol. The predicted molar refractivity (Wildman–Crippen MR) is 69.3 cm³/mol. The maximum absolute atomic E-state index is 12.5. The second-order valence-corrected chi connectivity index (χ2v) is 4.85. The van der Waals surface area contributed by atoms with Crippen molar-refractivity contribution in [1.29, 1.82) is 0 Å². The Morgan fingerprint density at radius 2 is 2.42 bits per heavy atom. The first-order valence-corrected chi connectivity index (χ1v) is 6.30. The standard InChI is InChI=1S/C13H16N4O2/c1-8-11(14)12(16-15-8)13(18)17(9-4-5-9)7-10-3-2-6-19-10/h2-3,6,9H,4-5,7,14H2,1H3,(H,15,16). The Morgan fingerprint density at radius 1 is 1.63 bits per heavy atom. The number of hydrogen-bond donors (Lipinski definition) is 2. The van der Waals surface area contributed by atoms with E-state index in [0.717, 1.165) is 24.3 Å². The molecule has 2 heterocycles. The fraction of sp³-hybridized carbons (Fsp3) is 0.385. The lowest BCUT2D eigenvalue weighted by atomic mass is 10.2. The van der Waals surface area contributed by atoms with E-state index >= 15 is 0 Å². The first-order valence-electron chi connectivity index (χ1n) is 6.30. The quantitative estimate of drug-likeness (QED) is 0.875. The number of aromatic amines is 1. The number of nitrogens with two attached hydrogens (primary N) is 1. The van der Waals surface area contributed by atoms with Gasteiger partial charge in [0.2, 0.25) is 0 Å². The maximum Gasteiger partial charge on any atom is 0.277 e. The average Bonchev–Trinajstić information content (AvgIpc) is 3.01. The lowest BCUT2D eigenvalue weighted by Crippen LogP contribution is -2.33. The largest absolute Gasteiger partial charge is 0.467 e. The molecule has 1 aliphatic carbocycles. The zero-order valence-corrected chi connectivity index (χ0v) is 10.7. The molecule has 6 nitrogen and oxygen atoms in total. The van der Waals surface area contributed by atoms with Crippen LogP contribution in [-0.4, -0.2) is 27.0 Å². The minimum atomic E-state index is -0.138. The van der Waals surface area contributed by atoms with Crippen LogP contribution >= 0.6 is 0 Å². The van der Waals surface area contributed by atoms with Gasteiger partial charge in [-0.25, -0.2) is 0 Å². The molecule has 0 saturated heterocycles. The summed E-state index contributed by atoms with van der Waals surface area (Å²) in [5, 5.41) is 6.75. The van der Waals surface area contributed by atoms with Gasteiger partial charge in [-0.3, -0.25) is 9.89 Å². The van der Waals surface area contributed by atoms with Gasteiger partial charge in [0, 0.05) is 6.04 Å². The van der Waals surface area contributed by atoms with Gasteiger partial charge in [-0.05, 0) is 31.9 Å². The zero-order valence-electron chi connectivity index (χ0n) is 10.7. The van der Waals surface area contributed by atoms with Crippen LogP contribution in [-0.2, 0) is 6.54 Å². The van der Waals surface area contributed by atoms with E-state index in [0.29, 0.717) is 17.9 Å². The highest BCUT2D eigenvalue weighted by Crippen LogP contribution is 2.30. The summed E-state index contributed by atoms with van der Waals surface area (Å²) in [5.74, 6) is 0.631. The number of aryl methyl sites for hydroxylation is 1. The van der Waals surface area contributed by atoms with E-state index in [-0.39, 0.29) is 11.9 Å². The third-order valence-electron chi connectivity index (χ3n) is 3.35. The van der Waals surface area contributed by atoms with Gasteiger partial charge in [0.05, 0.1) is 24.2 Å². The van der Waals surface area contributed by atoms with Crippen molar-refractivity contribution in [3.8, 4) is 0 Å². The molecule has 0 aliphatic heterocycles. The number of anilines is 1. The molecule has 1 saturated carbocycles. The number of nitrogens with zero attached hydrogens (tertiary/aromatic N) is 2. The average molecular weight is 260 g/mol. The molecule has 1 amide bonds. The summed E-state index contributed by atoms with van der Waals surface area (Å²) >= 11 is 0. The van der Waals surface area contributed by atoms with Crippen LogP contribution in [0.2, 0.25) is 0 Å². The van der Waals surface area contributed by atoms with E-state index in [9.17, 15) is 4.79 Å². The number of carbonyl (C=O) groups is 1. The van der Waals surface area contributed by atoms with Crippen molar-refractivity contribution in [2.45, 2.75) is 32.4 Å². The number of hydrogen-bond acceptors (Lipinski definition) is 4. The van der Waals surface area contributed by atoms with Gasteiger partial charge in [0.15, 0.2) is 5.69 Å². The lowest BCUT2D eigenvalue weighted by molar-refractivity contribution is 0.0712. The highest BCUT2D eigenvalue weighted by atomic mass is 16.3. The third kappa shape index (κ3) is 2.21. The van der Waals surface area contributed by atoms with Crippen LogP contribution in [0.25, 0.3) is 0 Å². The van der Waals surface area contributed by atoms with Gasteiger partial charge < -0.3 is 15.1 Å². The van der Waals surface area contributed by atoms with Gasteiger partial charge in [-0.15, -0.1) is 0 Å². The number of nitrogen functional groups attached to an aromatic ring is 1. The zero-order chi connectivity index (χ0) is 13.4. The molecule has 1 fully saturated rings. The molecule has 0 atom stereocenters.